The predicted molar refractivity (Wildman–Crippen MR) is 105 cm³/mol. The standard InChI is InChI=1S/C19H30F3N3O3S/c1-3-5-7-25(8-6-4-2)19-16(21)17(15(20)18(22)23-19)29(26,27)14-11-24-9-12-28-13-10-24/h3-14H2,1-2H3. The molecule has 0 unspecified atom stereocenters. The Morgan fingerprint density at radius 2 is 1.62 bits per heavy atom. The van der Waals surface area contributed by atoms with Crippen LogP contribution in [0.2, 0.25) is 0 Å². The van der Waals surface area contributed by atoms with Gasteiger partial charge in [-0.25, -0.2) is 17.2 Å². The van der Waals surface area contributed by atoms with E-state index in [1.807, 2.05) is 18.7 Å². The molecule has 29 heavy (non-hydrogen) atoms. The van der Waals surface area contributed by atoms with E-state index in [1.54, 1.807) is 0 Å². The lowest BCUT2D eigenvalue weighted by Crippen LogP contribution is -2.39. The van der Waals surface area contributed by atoms with Crippen LogP contribution in [0.1, 0.15) is 39.5 Å². The fourth-order valence-electron chi connectivity index (χ4n) is 3.16. The number of halogens is 3. The Hall–Kier alpha value is -1.39. The number of nitrogens with zero attached hydrogens (tertiary/aromatic N) is 3. The molecule has 0 atom stereocenters. The van der Waals surface area contributed by atoms with Crippen LogP contribution in [-0.2, 0) is 14.6 Å². The number of pyridine rings is 1. The molecule has 0 aromatic carbocycles. The summed E-state index contributed by atoms with van der Waals surface area (Å²) in [5.74, 6) is -5.59. The quantitative estimate of drug-likeness (QED) is 0.496. The first-order chi connectivity index (χ1) is 13.8. The van der Waals surface area contributed by atoms with E-state index in [9.17, 15) is 17.2 Å². The van der Waals surface area contributed by atoms with Crippen LogP contribution in [0.5, 0.6) is 0 Å². The van der Waals surface area contributed by atoms with Gasteiger partial charge in [-0.1, -0.05) is 26.7 Å². The van der Waals surface area contributed by atoms with E-state index in [0.717, 1.165) is 12.8 Å². The molecule has 166 valence electrons. The number of hydrogen-bond acceptors (Lipinski definition) is 6. The highest BCUT2D eigenvalue weighted by Crippen LogP contribution is 2.29. The van der Waals surface area contributed by atoms with E-state index >= 15 is 4.39 Å². The summed E-state index contributed by atoms with van der Waals surface area (Å²) < 4.78 is 74.3. The summed E-state index contributed by atoms with van der Waals surface area (Å²) in [6.07, 6.45) is 3.03. The molecule has 0 radical (unpaired) electrons. The molecule has 1 fully saturated rings. The van der Waals surface area contributed by atoms with Crippen molar-refractivity contribution in [3.8, 4) is 0 Å². The summed E-state index contributed by atoms with van der Waals surface area (Å²) >= 11 is 0. The minimum absolute atomic E-state index is 0.0965. The average Bonchev–Trinajstić information content (AvgIpc) is 2.70. The second-order valence-corrected chi connectivity index (χ2v) is 9.20. The molecule has 2 rings (SSSR count). The number of anilines is 1. The number of sulfone groups is 1. The molecule has 1 aromatic rings. The molecular formula is C19H30F3N3O3S. The minimum Gasteiger partial charge on any atom is -0.379 e. The number of aromatic nitrogens is 1. The number of ether oxygens (including phenoxy) is 1. The first-order valence-corrected chi connectivity index (χ1v) is 11.8. The smallest absolute Gasteiger partial charge is 0.252 e. The third kappa shape index (κ3) is 6.29. The van der Waals surface area contributed by atoms with Crippen molar-refractivity contribution in [2.75, 3.05) is 56.6 Å². The lowest BCUT2D eigenvalue weighted by Gasteiger charge is -2.27. The lowest BCUT2D eigenvalue weighted by molar-refractivity contribution is 0.0408. The first kappa shape index (κ1) is 23.9. The highest BCUT2D eigenvalue weighted by Gasteiger charge is 2.32. The highest BCUT2D eigenvalue weighted by atomic mass is 32.2. The van der Waals surface area contributed by atoms with E-state index < -0.39 is 43.9 Å². The van der Waals surface area contributed by atoms with Gasteiger partial charge in [0.25, 0.3) is 5.95 Å². The Morgan fingerprint density at radius 3 is 2.17 bits per heavy atom. The number of rotatable bonds is 11. The van der Waals surface area contributed by atoms with Crippen LogP contribution in [0, 0.1) is 17.6 Å². The fourth-order valence-corrected chi connectivity index (χ4v) is 4.59. The predicted octanol–water partition coefficient (Wildman–Crippen LogP) is 3.01. The Labute approximate surface area is 171 Å². The van der Waals surface area contributed by atoms with Crippen molar-refractivity contribution in [1.82, 2.24) is 9.88 Å². The summed E-state index contributed by atoms with van der Waals surface area (Å²) in [6.45, 7) is 6.80. The van der Waals surface area contributed by atoms with Gasteiger partial charge < -0.3 is 9.64 Å². The van der Waals surface area contributed by atoms with Crippen molar-refractivity contribution in [3.63, 3.8) is 0 Å². The molecule has 0 saturated carbocycles. The minimum atomic E-state index is -4.38. The monoisotopic (exact) mass is 437 g/mol. The fraction of sp³-hybridized carbons (Fsp3) is 0.737. The van der Waals surface area contributed by atoms with Gasteiger partial charge in [0.05, 0.1) is 19.0 Å². The molecule has 0 N–H and O–H groups in total. The Kier molecular flexibility index (Phi) is 9.16. The highest BCUT2D eigenvalue weighted by molar-refractivity contribution is 7.91. The third-order valence-corrected chi connectivity index (χ3v) is 6.63. The Balaban J connectivity index is 2.34. The van der Waals surface area contributed by atoms with E-state index in [-0.39, 0.29) is 6.54 Å². The molecule has 1 aliphatic heterocycles. The first-order valence-electron chi connectivity index (χ1n) is 10.1. The SMILES string of the molecule is CCCCN(CCCC)c1nc(F)c(F)c(S(=O)(=O)CCN2CCOCC2)c1F. The van der Waals surface area contributed by atoms with Crippen molar-refractivity contribution in [2.24, 2.45) is 0 Å². The normalized spacial score (nSPS) is 15.6. The van der Waals surface area contributed by atoms with Crippen LogP contribution in [-0.4, -0.2) is 70.0 Å². The molecule has 6 nitrogen and oxygen atoms in total. The van der Waals surface area contributed by atoms with Crippen LogP contribution in [0.3, 0.4) is 0 Å². The number of hydrogen-bond donors (Lipinski definition) is 0. The van der Waals surface area contributed by atoms with Gasteiger partial charge in [-0.3, -0.25) is 4.90 Å². The zero-order valence-corrected chi connectivity index (χ0v) is 17.9. The summed E-state index contributed by atoms with van der Waals surface area (Å²) in [7, 11) is -4.38. The number of morpholine rings is 1. The van der Waals surface area contributed by atoms with Gasteiger partial charge in [0, 0.05) is 32.7 Å². The average molecular weight is 438 g/mol. The second kappa shape index (κ2) is 11.1. The molecule has 10 heteroatoms. The van der Waals surface area contributed by atoms with Gasteiger partial charge in [-0.05, 0) is 12.8 Å². The summed E-state index contributed by atoms with van der Waals surface area (Å²) in [5.41, 5.74) is 0. The molecule has 1 aliphatic rings. The van der Waals surface area contributed by atoms with E-state index in [0.29, 0.717) is 52.2 Å². The molecule has 2 heterocycles. The van der Waals surface area contributed by atoms with E-state index in [4.69, 9.17) is 4.74 Å². The van der Waals surface area contributed by atoms with Crippen LogP contribution >= 0.6 is 0 Å². The number of unbranched alkanes of at least 4 members (excludes halogenated alkanes) is 2. The second-order valence-electron chi connectivity index (χ2n) is 7.15. The van der Waals surface area contributed by atoms with Gasteiger partial charge >= 0.3 is 0 Å². The molecule has 0 spiro atoms. The Bertz CT molecular complexity index is 764. The van der Waals surface area contributed by atoms with Crippen molar-refractivity contribution < 1.29 is 26.3 Å². The van der Waals surface area contributed by atoms with Gasteiger partial charge in [0.1, 0.15) is 4.90 Å². The maximum absolute atomic E-state index is 15.2. The maximum atomic E-state index is 15.2. The molecule has 1 saturated heterocycles. The van der Waals surface area contributed by atoms with Gasteiger partial charge in [0.2, 0.25) is 0 Å². The molecule has 0 amide bonds. The van der Waals surface area contributed by atoms with E-state index in [1.165, 1.54) is 4.90 Å². The Morgan fingerprint density at radius 1 is 1.03 bits per heavy atom. The zero-order chi connectivity index (χ0) is 21.4. The van der Waals surface area contributed by atoms with Crippen molar-refractivity contribution in [3.05, 3.63) is 17.6 Å². The van der Waals surface area contributed by atoms with Crippen LogP contribution in [0.25, 0.3) is 0 Å². The van der Waals surface area contributed by atoms with Crippen molar-refractivity contribution in [2.45, 2.75) is 44.4 Å². The van der Waals surface area contributed by atoms with Gasteiger partial charge in [0.15, 0.2) is 27.3 Å². The summed E-state index contributed by atoms with van der Waals surface area (Å²) in [5, 5.41) is 0. The lowest BCUT2D eigenvalue weighted by atomic mass is 10.2. The van der Waals surface area contributed by atoms with Crippen LogP contribution in [0.4, 0.5) is 19.0 Å². The van der Waals surface area contributed by atoms with Gasteiger partial charge in [-0.15, -0.1) is 0 Å². The van der Waals surface area contributed by atoms with Crippen molar-refractivity contribution >= 4 is 15.7 Å². The third-order valence-electron chi connectivity index (χ3n) is 4.93. The maximum Gasteiger partial charge on any atom is 0.252 e. The molecule has 1 aromatic heterocycles. The van der Waals surface area contributed by atoms with Crippen molar-refractivity contribution in [1.29, 1.82) is 0 Å². The topological polar surface area (TPSA) is 62.7 Å². The molecular weight excluding hydrogens is 407 g/mol. The molecule has 0 aliphatic carbocycles. The van der Waals surface area contributed by atoms with Gasteiger partial charge in [-0.2, -0.15) is 9.37 Å². The van der Waals surface area contributed by atoms with Crippen LogP contribution in [0.15, 0.2) is 4.90 Å². The summed E-state index contributed by atoms with van der Waals surface area (Å²) in [4.78, 5) is 5.55. The summed E-state index contributed by atoms with van der Waals surface area (Å²) in [6, 6.07) is 0. The molecule has 0 bridgehead atoms. The van der Waals surface area contributed by atoms with Crippen LogP contribution < -0.4 is 4.90 Å². The zero-order valence-electron chi connectivity index (χ0n) is 17.1. The van der Waals surface area contributed by atoms with E-state index in [2.05, 4.69) is 4.98 Å². The largest absolute Gasteiger partial charge is 0.379 e.